The number of hydrogen-bond donors (Lipinski definition) is 2. The Balaban J connectivity index is 1.86. The highest BCUT2D eigenvalue weighted by molar-refractivity contribution is 5.63. The number of aryl methyl sites for hydroxylation is 1. The summed E-state index contributed by atoms with van der Waals surface area (Å²) in [5, 5.41) is 13.1. The van der Waals surface area contributed by atoms with Crippen molar-refractivity contribution in [1.29, 1.82) is 0 Å². The number of hydrogen-bond acceptors (Lipinski definition) is 3. The van der Waals surface area contributed by atoms with E-state index in [-0.39, 0.29) is 0 Å². The Hall–Kier alpha value is -1.81. The van der Waals surface area contributed by atoms with Crippen LogP contribution < -0.4 is 5.73 Å². The fraction of sp³-hybridized carbons (Fsp3) is 0.400. The quantitative estimate of drug-likeness (QED) is 0.593. The molecule has 0 spiro atoms. The predicted octanol–water partition coefficient (Wildman–Crippen LogP) is 2.69. The zero-order chi connectivity index (χ0) is 13.5. The Morgan fingerprint density at radius 2 is 1.74 bits per heavy atom. The van der Waals surface area contributed by atoms with Crippen molar-refractivity contribution in [2.45, 2.75) is 32.2 Å². The number of benzene rings is 1. The summed E-state index contributed by atoms with van der Waals surface area (Å²) >= 11 is 0. The number of aromatic nitrogens is 2. The molecule has 2 rings (SSSR count). The molecule has 2 aromatic rings. The van der Waals surface area contributed by atoms with Crippen molar-refractivity contribution in [1.82, 2.24) is 9.78 Å². The molecule has 1 heterocycles. The molecule has 1 aromatic carbocycles. The third kappa shape index (κ3) is 4.10. The molecule has 0 amide bonds. The van der Waals surface area contributed by atoms with E-state index in [4.69, 9.17) is 10.8 Å². The summed E-state index contributed by atoms with van der Waals surface area (Å²) in [6, 6.07) is 7.83. The maximum atomic E-state index is 8.71. The van der Waals surface area contributed by atoms with Crippen molar-refractivity contribution >= 4 is 5.69 Å². The highest BCUT2D eigenvalue weighted by Crippen LogP contribution is 2.19. The number of rotatable bonds is 7. The van der Waals surface area contributed by atoms with Gasteiger partial charge in [0.25, 0.3) is 0 Å². The third-order valence-electron chi connectivity index (χ3n) is 3.17. The molecule has 0 unspecified atom stereocenters. The van der Waals surface area contributed by atoms with Crippen molar-refractivity contribution in [2.75, 3.05) is 12.3 Å². The lowest BCUT2D eigenvalue weighted by molar-refractivity contribution is 0.282. The minimum Gasteiger partial charge on any atom is -0.399 e. The van der Waals surface area contributed by atoms with Crippen LogP contribution in [-0.4, -0.2) is 21.5 Å². The van der Waals surface area contributed by atoms with Gasteiger partial charge in [0.05, 0.1) is 6.20 Å². The molecule has 0 radical (unpaired) electrons. The molecule has 0 bridgehead atoms. The second kappa shape index (κ2) is 6.95. The standard InChI is InChI=1S/C15H21N3O/c16-15-7-5-13(6-8-15)14-11-17-18(12-14)9-3-1-2-4-10-19/h5-8,11-12,19H,1-4,9-10,16H2. The monoisotopic (exact) mass is 259 g/mol. The molecule has 4 nitrogen and oxygen atoms in total. The second-order valence-electron chi connectivity index (χ2n) is 4.75. The molecule has 0 atom stereocenters. The maximum absolute atomic E-state index is 8.71. The van der Waals surface area contributed by atoms with Crippen molar-refractivity contribution < 1.29 is 5.11 Å². The van der Waals surface area contributed by atoms with Gasteiger partial charge in [-0.2, -0.15) is 5.10 Å². The molecule has 102 valence electrons. The number of aliphatic hydroxyl groups excluding tert-OH is 1. The van der Waals surface area contributed by atoms with Crippen LogP contribution >= 0.6 is 0 Å². The van der Waals surface area contributed by atoms with Gasteiger partial charge in [-0.15, -0.1) is 0 Å². The molecule has 1 aromatic heterocycles. The highest BCUT2D eigenvalue weighted by Gasteiger charge is 2.01. The van der Waals surface area contributed by atoms with E-state index in [1.807, 2.05) is 35.1 Å². The van der Waals surface area contributed by atoms with Crippen molar-refractivity contribution in [2.24, 2.45) is 0 Å². The smallest absolute Gasteiger partial charge is 0.0568 e. The Morgan fingerprint density at radius 3 is 2.47 bits per heavy atom. The van der Waals surface area contributed by atoms with Crippen LogP contribution in [0.3, 0.4) is 0 Å². The van der Waals surface area contributed by atoms with Gasteiger partial charge in [0.15, 0.2) is 0 Å². The van der Waals surface area contributed by atoms with Gasteiger partial charge in [-0.1, -0.05) is 25.0 Å². The van der Waals surface area contributed by atoms with Crippen LogP contribution in [0.15, 0.2) is 36.7 Å². The molecular formula is C15H21N3O. The normalized spacial score (nSPS) is 10.8. The van der Waals surface area contributed by atoms with Crippen LogP contribution in [0.5, 0.6) is 0 Å². The van der Waals surface area contributed by atoms with Crippen LogP contribution in [0.4, 0.5) is 5.69 Å². The first-order valence-electron chi connectivity index (χ1n) is 6.79. The van der Waals surface area contributed by atoms with Gasteiger partial charge >= 0.3 is 0 Å². The molecule has 4 heteroatoms. The number of nitrogens with zero attached hydrogens (tertiary/aromatic N) is 2. The molecule has 19 heavy (non-hydrogen) atoms. The van der Waals surface area contributed by atoms with E-state index in [1.165, 1.54) is 0 Å². The average molecular weight is 259 g/mol. The lowest BCUT2D eigenvalue weighted by atomic mass is 10.1. The summed E-state index contributed by atoms with van der Waals surface area (Å²) in [7, 11) is 0. The summed E-state index contributed by atoms with van der Waals surface area (Å²) in [5.74, 6) is 0. The Labute approximate surface area is 113 Å². The Morgan fingerprint density at radius 1 is 1.00 bits per heavy atom. The lowest BCUT2D eigenvalue weighted by Gasteiger charge is -2.01. The second-order valence-corrected chi connectivity index (χ2v) is 4.75. The minimum absolute atomic E-state index is 0.295. The zero-order valence-corrected chi connectivity index (χ0v) is 11.1. The number of nitrogen functional groups attached to an aromatic ring is 1. The first-order valence-corrected chi connectivity index (χ1v) is 6.79. The summed E-state index contributed by atoms with van der Waals surface area (Å²) < 4.78 is 1.98. The van der Waals surface area contributed by atoms with Crippen LogP contribution in [0.1, 0.15) is 25.7 Å². The molecule has 0 saturated carbocycles. The first kappa shape index (κ1) is 13.6. The van der Waals surface area contributed by atoms with Crippen LogP contribution in [0, 0.1) is 0 Å². The van der Waals surface area contributed by atoms with E-state index in [0.29, 0.717) is 6.61 Å². The Bertz CT molecular complexity index is 490. The van der Waals surface area contributed by atoms with E-state index in [1.54, 1.807) is 0 Å². The van der Waals surface area contributed by atoms with E-state index >= 15 is 0 Å². The number of aliphatic hydroxyl groups is 1. The number of nitrogens with two attached hydrogens (primary N) is 1. The molecule has 3 N–H and O–H groups in total. The molecular weight excluding hydrogens is 238 g/mol. The summed E-state index contributed by atoms with van der Waals surface area (Å²) in [5.41, 5.74) is 8.72. The summed E-state index contributed by atoms with van der Waals surface area (Å²) in [6.45, 7) is 1.23. The maximum Gasteiger partial charge on any atom is 0.0568 e. The number of unbranched alkanes of at least 4 members (excludes halogenated alkanes) is 3. The topological polar surface area (TPSA) is 64.1 Å². The van der Waals surface area contributed by atoms with E-state index in [2.05, 4.69) is 11.3 Å². The van der Waals surface area contributed by atoms with Gasteiger partial charge in [-0.05, 0) is 30.5 Å². The van der Waals surface area contributed by atoms with Crippen LogP contribution in [-0.2, 0) is 6.54 Å². The Kier molecular flexibility index (Phi) is 4.98. The summed E-state index contributed by atoms with van der Waals surface area (Å²) in [6.07, 6.45) is 8.18. The van der Waals surface area contributed by atoms with Crippen molar-refractivity contribution in [3.8, 4) is 11.1 Å². The van der Waals surface area contributed by atoms with E-state index in [9.17, 15) is 0 Å². The molecule has 0 aliphatic rings. The largest absolute Gasteiger partial charge is 0.399 e. The lowest BCUT2D eigenvalue weighted by Crippen LogP contribution is -1.98. The fourth-order valence-electron chi connectivity index (χ4n) is 2.05. The van der Waals surface area contributed by atoms with Crippen molar-refractivity contribution in [3.05, 3.63) is 36.7 Å². The SMILES string of the molecule is Nc1ccc(-c2cnn(CCCCCCO)c2)cc1. The van der Waals surface area contributed by atoms with Crippen LogP contribution in [0.25, 0.3) is 11.1 Å². The number of anilines is 1. The van der Waals surface area contributed by atoms with Gasteiger partial charge in [-0.3, -0.25) is 4.68 Å². The third-order valence-corrected chi connectivity index (χ3v) is 3.17. The van der Waals surface area contributed by atoms with E-state index < -0.39 is 0 Å². The van der Waals surface area contributed by atoms with E-state index in [0.717, 1.165) is 49.0 Å². The first-order chi connectivity index (χ1) is 9.29. The van der Waals surface area contributed by atoms with Gasteiger partial charge in [0.1, 0.15) is 0 Å². The molecule has 0 fully saturated rings. The minimum atomic E-state index is 0.295. The van der Waals surface area contributed by atoms with Gasteiger partial charge in [0, 0.05) is 30.6 Å². The summed E-state index contributed by atoms with van der Waals surface area (Å²) in [4.78, 5) is 0. The highest BCUT2D eigenvalue weighted by atomic mass is 16.2. The van der Waals surface area contributed by atoms with Crippen molar-refractivity contribution in [3.63, 3.8) is 0 Å². The fourth-order valence-corrected chi connectivity index (χ4v) is 2.05. The molecule has 0 aliphatic heterocycles. The molecule has 0 saturated heterocycles. The zero-order valence-electron chi connectivity index (χ0n) is 11.1. The predicted molar refractivity (Wildman–Crippen MR) is 77.6 cm³/mol. The van der Waals surface area contributed by atoms with Gasteiger partial charge in [0.2, 0.25) is 0 Å². The van der Waals surface area contributed by atoms with Crippen LogP contribution in [0.2, 0.25) is 0 Å². The molecule has 0 aliphatic carbocycles. The van der Waals surface area contributed by atoms with Gasteiger partial charge < -0.3 is 10.8 Å². The van der Waals surface area contributed by atoms with Gasteiger partial charge in [-0.25, -0.2) is 0 Å². The average Bonchev–Trinajstić information content (AvgIpc) is 2.88.